The average molecular weight is 236 g/mol. The Morgan fingerprint density at radius 2 is 2.41 bits per heavy atom. The minimum atomic E-state index is -0.303. The number of benzene rings is 1. The van der Waals surface area contributed by atoms with Crippen molar-refractivity contribution in [3.8, 4) is 5.75 Å². The van der Waals surface area contributed by atoms with Crippen molar-refractivity contribution in [1.29, 1.82) is 0 Å². The number of ether oxygens (including phenoxy) is 2. The van der Waals surface area contributed by atoms with Crippen molar-refractivity contribution in [2.45, 2.75) is 25.9 Å². The molecule has 2 atom stereocenters. The van der Waals surface area contributed by atoms with Gasteiger partial charge in [0.1, 0.15) is 5.75 Å². The average Bonchev–Trinajstić information content (AvgIpc) is 2.82. The molecule has 1 aromatic rings. The van der Waals surface area contributed by atoms with E-state index in [2.05, 4.69) is 0 Å². The van der Waals surface area contributed by atoms with E-state index >= 15 is 0 Å². The van der Waals surface area contributed by atoms with Crippen molar-refractivity contribution in [1.82, 2.24) is 0 Å². The summed E-state index contributed by atoms with van der Waals surface area (Å²) in [6.07, 6.45) is 1.33. The largest absolute Gasteiger partial charge is 0.493 e. The van der Waals surface area contributed by atoms with E-state index in [4.69, 9.17) is 9.47 Å². The lowest BCUT2D eigenvalue weighted by molar-refractivity contribution is 0.0722. The summed E-state index contributed by atoms with van der Waals surface area (Å²) in [7, 11) is 0. The smallest absolute Gasteiger partial charge is 0.119 e. The predicted molar refractivity (Wildman–Crippen MR) is 66.2 cm³/mol. The van der Waals surface area contributed by atoms with Gasteiger partial charge in [-0.1, -0.05) is 12.1 Å². The maximum Gasteiger partial charge on any atom is 0.119 e. The molecule has 0 radical (unpaired) electrons. The Morgan fingerprint density at radius 1 is 1.53 bits per heavy atom. The van der Waals surface area contributed by atoms with Gasteiger partial charge in [-0.2, -0.15) is 0 Å². The van der Waals surface area contributed by atoms with Crippen molar-refractivity contribution in [2.24, 2.45) is 5.92 Å². The van der Waals surface area contributed by atoms with Crippen LogP contribution in [0.5, 0.6) is 5.75 Å². The van der Waals surface area contributed by atoms with Gasteiger partial charge in [-0.3, -0.25) is 0 Å². The van der Waals surface area contributed by atoms with Crippen molar-refractivity contribution < 1.29 is 14.6 Å². The zero-order valence-electron chi connectivity index (χ0n) is 10.3. The molecule has 0 saturated carbocycles. The van der Waals surface area contributed by atoms with E-state index < -0.39 is 0 Å². The van der Waals surface area contributed by atoms with Gasteiger partial charge in [-0.05, 0) is 31.0 Å². The molecule has 1 aromatic carbocycles. The van der Waals surface area contributed by atoms with Crippen LogP contribution in [0.3, 0.4) is 0 Å². The van der Waals surface area contributed by atoms with E-state index in [0.29, 0.717) is 19.6 Å². The SMILES string of the molecule is Cc1cccc(OCCC(O)C2CCOC2)c1. The van der Waals surface area contributed by atoms with Crippen molar-refractivity contribution in [3.63, 3.8) is 0 Å². The van der Waals surface area contributed by atoms with Gasteiger partial charge in [0.2, 0.25) is 0 Å². The van der Waals surface area contributed by atoms with Crippen LogP contribution in [0, 0.1) is 12.8 Å². The molecule has 0 amide bonds. The lowest BCUT2D eigenvalue weighted by atomic mass is 10.00. The zero-order chi connectivity index (χ0) is 12.1. The lowest BCUT2D eigenvalue weighted by Crippen LogP contribution is -2.22. The van der Waals surface area contributed by atoms with E-state index in [1.165, 1.54) is 5.56 Å². The lowest BCUT2D eigenvalue weighted by Gasteiger charge is -2.16. The number of aryl methyl sites for hydroxylation is 1. The molecule has 2 unspecified atom stereocenters. The van der Waals surface area contributed by atoms with E-state index in [1.54, 1.807) is 0 Å². The van der Waals surface area contributed by atoms with Gasteiger partial charge in [0, 0.05) is 18.9 Å². The minimum absolute atomic E-state index is 0.288. The molecule has 1 N–H and O–H groups in total. The van der Waals surface area contributed by atoms with Gasteiger partial charge in [0.05, 0.1) is 19.3 Å². The first-order valence-electron chi connectivity index (χ1n) is 6.21. The zero-order valence-corrected chi connectivity index (χ0v) is 10.3. The maximum absolute atomic E-state index is 9.92. The quantitative estimate of drug-likeness (QED) is 0.851. The molecule has 2 rings (SSSR count). The van der Waals surface area contributed by atoms with Gasteiger partial charge >= 0.3 is 0 Å². The van der Waals surface area contributed by atoms with Crippen LogP contribution in [0.2, 0.25) is 0 Å². The Kier molecular flexibility index (Phi) is 4.40. The Bertz CT molecular complexity index is 345. The second kappa shape index (κ2) is 6.03. The van der Waals surface area contributed by atoms with Crippen LogP contribution in [0.15, 0.2) is 24.3 Å². The summed E-state index contributed by atoms with van der Waals surface area (Å²) in [5.74, 6) is 1.16. The molecule has 1 fully saturated rings. The molecule has 1 aliphatic rings. The molecule has 0 bridgehead atoms. The number of aliphatic hydroxyl groups excluding tert-OH is 1. The number of aliphatic hydroxyl groups is 1. The first-order valence-corrected chi connectivity index (χ1v) is 6.21. The number of rotatable bonds is 5. The molecule has 17 heavy (non-hydrogen) atoms. The summed E-state index contributed by atoms with van der Waals surface area (Å²) in [5.41, 5.74) is 1.19. The summed E-state index contributed by atoms with van der Waals surface area (Å²) in [6.45, 7) is 4.06. The molecular formula is C14H20O3. The summed E-state index contributed by atoms with van der Waals surface area (Å²) in [4.78, 5) is 0. The highest BCUT2D eigenvalue weighted by atomic mass is 16.5. The third-order valence-corrected chi connectivity index (χ3v) is 3.18. The molecule has 0 aromatic heterocycles. The second-order valence-electron chi connectivity index (χ2n) is 4.64. The van der Waals surface area contributed by atoms with Crippen molar-refractivity contribution >= 4 is 0 Å². The summed E-state index contributed by atoms with van der Waals surface area (Å²) in [6, 6.07) is 7.96. The topological polar surface area (TPSA) is 38.7 Å². The summed E-state index contributed by atoms with van der Waals surface area (Å²) in [5, 5.41) is 9.92. The second-order valence-corrected chi connectivity index (χ2v) is 4.64. The molecule has 0 aliphatic carbocycles. The monoisotopic (exact) mass is 236 g/mol. The van der Waals surface area contributed by atoms with Crippen LogP contribution in [0.1, 0.15) is 18.4 Å². The Hall–Kier alpha value is -1.06. The summed E-state index contributed by atoms with van der Waals surface area (Å²) < 4.78 is 10.9. The fourth-order valence-corrected chi connectivity index (χ4v) is 2.09. The van der Waals surface area contributed by atoms with Crippen LogP contribution in [0.4, 0.5) is 0 Å². The third kappa shape index (κ3) is 3.72. The predicted octanol–water partition coefficient (Wildman–Crippen LogP) is 2.16. The molecule has 1 aliphatic heterocycles. The maximum atomic E-state index is 9.92. The highest BCUT2D eigenvalue weighted by Gasteiger charge is 2.23. The standard InChI is InChI=1S/C14H20O3/c1-11-3-2-4-13(9-11)17-8-6-14(15)12-5-7-16-10-12/h2-4,9,12,14-15H,5-8,10H2,1H3. The van der Waals surface area contributed by atoms with Crippen LogP contribution < -0.4 is 4.74 Å². The van der Waals surface area contributed by atoms with Crippen molar-refractivity contribution in [2.75, 3.05) is 19.8 Å². The number of hydrogen-bond acceptors (Lipinski definition) is 3. The van der Waals surface area contributed by atoms with Crippen LogP contribution in [-0.4, -0.2) is 31.0 Å². The number of hydrogen-bond donors (Lipinski definition) is 1. The highest BCUT2D eigenvalue weighted by molar-refractivity contribution is 5.27. The van der Waals surface area contributed by atoms with Gasteiger partial charge in [0.15, 0.2) is 0 Å². The van der Waals surface area contributed by atoms with Gasteiger partial charge in [0.25, 0.3) is 0 Å². The highest BCUT2D eigenvalue weighted by Crippen LogP contribution is 2.19. The Balaban J connectivity index is 1.71. The third-order valence-electron chi connectivity index (χ3n) is 3.18. The molecule has 1 heterocycles. The fourth-order valence-electron chi connectivity index (χ4n) is 2.09. The first-order chi connectivity index (χ1) is 8.25. The summed E-state index contributed by atoms with van der Waals surface area (Å²) >= 11 is 0. The van der Waals surface area contributed by atoms with Crippen LogP contribution in [0.25, 0.3) is 0 Å². The van der Waals surface area contributed by atoms with E-state index in [9.17, 15) is 5.11 Å². The molecule has 1 saturated heterocycles. The molecular weight excluding hydrogens is 216 g/mol. The molecule has 0 spiro atoms. The van der Waals surface area contributed by atoms with E-state index in [0.717, 1.165) is 18.8 Å². The molecule has 3 heteroatoms. The fraction of sp³-hybridized carbons (Fsp3) is 0.571. The van der Waals surface area contributed by atoms with Gasteiger partial charge in [-0.25, -0.2) is 0 Å². The van der Waals surface area contributed by atoms with E-state index in [-0.39, 0.29) is 12.0 Å². The normalized spacial score (nSPS) is 21.4. The van der Waals surface area contributed by atoms with Crippen molar-refractivity contribution in [3.05, 3.63) is 29.8 Å². The Morgan fingerprint density at radius 3 is 3.12 bits per heavy atom. The van der Waals surface area contributed by atoms with Gasteiger partial charge < -0.3 is 14.6 Å². The van der Waals surface area contributed by atoms with Crippen LogP contribution in [-0.2, 0) is 4.74 Å². The van der Waals surface area contributed by atoms with Gasteiger partial charge in [-0.15, -0.1) is 0 Å². The Labute approximate surface area is 102 Å². The molecule has 3 nitrogen and oxygen atoms in total. The first kappa shape index (κ1) is 12.4. The minimum Gasteiger partial charge on any atom is -0.493 e. The molecule has 94 valence electrons. The van der Waals surface area contributed by atoms with E-state index in [1.807, 2.05) is 31.2 Å². The van der Waals surface area contributed by atoms with Crippen LogP contribution >= 0.6 is 0 Å².